The van der Waals surface area contributed by atoms with Gasteiger partial charge < -0.3 is 15.4 Å². The van der Waals surface area contributed by atoms with Crippen LogP contribution in [0.3, 0.4) is 0 Å². The number of hydrogen-bond acceptors (Lipinski definition) is 2. The average Bonchev–Trinajstić information content (AvgIpc) is 2.85. The Hall–Kier alpha value is -1.78. The monoisotopic (exact) mass is 362 g/mol. The van der Waals surface area contributed by atoms with Crippen molar-refractivity contribution in [2.24, 2.45) is 5.73 Å². The topological polar surface area (TPSA) is 68.2 Å². The number of rotatable bonds is 9. The van der Waals surface area contributed by atoms with E-state index in [0.29, 0.717) is 23.6 Å². The van der Waals surface area contributed by atoms with E-state index in [2.05, 4.69) is 11.5 Å². The van der Waals surface area contributed by atoms with Crippen LogP contribution in [0.1, 0.15) is 54.4 Å². The number of carbonyl (C=O) groups is 1. The predicted octanol–water partition coefficient (Wildman–Crippen LogP) is 4.33. The minimum atomic E-state index is -0.438. The van der Waals surface area contributed by atoms with Gasteiger partial charge in [0.15, 0.2) is 0 Å². The molecule has 4 nitrogen and oxygen atoms in total. The first-order valence-corrected chi connectivity index (χ1v) is 9.28. The Balaban J connectivity index is 2.67. The van der Waals surface area contributed by atoms with Gasteiger partial charge in [0, 0.05) is 40.7 Å². The maximum Gasteiger partial charge on any atom is 0.251 e. The quantitative estimate of drug-likeness (QED) is 0.652. The van der Waals surface area contributed by atoms with Gasteiger partial charge in [-0.2, -0.15) is 0 Å². The molecule has 0 saturated heterocycles. The summed E-state index contributed by atoms with van der Waals surface area (Å²) in [6.45, 7) is 4.86. The number of aliphatic hydroxyl groups is 1. The van der Waals surface area contributed by atoms with Crippen molar-refractivity contribution in [2.75, 3.05) is 6.61 Å². The van der Waals surface area contributed by atoms with Crippen molar-refractivity contribution in [1.82, 2.24) is 4.57 Å². The zero-order valence-corrected chi connectivity index (χ0v) is 15.8. The SMILES string of the molecule is CCCCCc1c(-c2ccccc2Cl)c(C(N)=O)c(C)n1CCCO. The van der Waals surface area contributed by atoms with Crippen molar-refractivity contribution in [3.8, 4) is 11.1 Å². The van der Waals surface area contributed by atoms with Crippen molar-refractivity contribution in [1.29, 1.82) is 0 Å². The molecular formula is C20H27ClN2O2. The number of halogens is 1. The van der Waals surface area contributed by atoms with E-state index in [1.54, 1.807) is 0 Å². The van der Waals surface area contributed by atoms with Crippen LogP contribution >= 0.6 is 11.6 Å². The predicted molar refractivity (Wildman–Crippen MR) is 103 cm³/mol. The number of amides is 1. The Kier molecular flexibility index (Phi) is 7.09. The molecule has 0 aliphatic rings. The third-order valence-electron chi connectivity index (χ3n) is 4.58. The summed E-state index contributed by atoms with van der Waals surface area (Å²) in [5, 5.41) is 9.86. The fourth-order valence-electron chi connectivity index (χ4n) is 3.39. The second-order valence-corrected chi connectivity index (χ2v) is 6.72. The zero-order valence-electron chi connectivity index (χ0n) is 15.0. The molecule has 0 radical (unpaired) electrons. The summed E-state index contributed by atoms with van der Waals surface area (Å²) >= 11 is 6.43. The normalized spacial score (nSPS) is 11.0. The second kappa shape index (κ2) is 9.07. The molecule has 25 heavy (non-hydrogen) atoms. The fourth-order valence-corrected chi connectivity index (χ4v) is 3.62. The van der Waals surface area contributed by atoms with Gasteiger partial charge in [-0.1, -0.05) is 49.6 Å². The molecule has 5 heteroatoms. The molecule has 2 aromatic rings. The summed E-state index contributed by atoms with van der Waals surface area (Å²) in [6.07, 6.45) is 4.78. The Morgan fingerprint density at radius 3 is 2.56 bits per heavy atom. The number of aromatic nitrogens is 1. The summed E-state index contributed by atoms with van der Waals surface area (Å²) in [4.78, 5) is 12.2. The van der Waals surface area contributed by atoms with Gasteiger partial charge in [-0.05, 0) is 32.3 Å². The first-order valence-electron chi connectivity index (χ1n) is 8.90. The Labute approximate surface area is 154 Å². The van der Waals surface area contributed by atoms with Gasteiger partial charge in [0.2, 0.25) is 0 Å². The first kappa shape index (κ1) is 19.5. The molecule has 0 spiro atoms. The number of benzene rings is 1. The van der Waals surface area contributed by atoms with Gasteiger partial charge in [-0.3, -0.25) is 4.79 Å². The van der Waals surface area contributed by atoms with Gasteiger partial charge in [-0.25, -0.2) is 0 Å². The number of nitrogens with two attached hydrogens (primary N) is 1. The molecule has 0 fully saturated rings. The van der Waals surface area contributed by atoms with Gasteiger partial charge in [0.1, 0.15) is 0 Å². The van der Waals surface area contributed by atoms with Crippen LogP contribution < -0.4 is 5.73 Å². The second-order valence-electron chi connectivity index (χ2n) is 6.31. The van der Waals surface area contributed by atoms with E-state index in [4.69, 9.17) is 17.3 Å². The summed E-state index contributed by atoms with van der Waals surface area (Å²) in [6, 6.07) is 7.56. The Bertz CT molecular complexity index is 738. The number of primary amides is 1. The highest BCUT2D eigenvalue weighted by Crippen LogP contribution is 2.37. The van der Waals surface area contributed by atoms with E-state index in [0.717, 1.165) is 48.2 Å². The van der Waals surface area contributed by atoms with Gasteiger partial charge in [0.25, 0.3) is 5.91 Å². The molecule has 136 valence electrons. The minimum Gasteiger partial charge on any atom is -0.396 e. The van der Waals surface area contributed by atoms with Crippen molar-refractivity contribution < 1.29 is 9.90 Å². The molecule has 0 atom stereocenters. The number of nitrogens with zero attached hydrogens (tertiary/aromatic N) is 1. The minimum absolute atomic E-state index is 0.110. The maximum absolute atomic E-state index is 12.2. The number of aliphatic hydroxyl groups excluding tert-OH is 1. The fraction of sp³-hybridized carbons (Fsp3) is 0.450. The van der Waals surface area contributed by atoms with Crippen molar-refractivity contribution in [3.63, 3.8) is 0 Å². The highest BCUT2D eigenvalue weighted by molar-refractivity contribution is 6.33. The molecule has 0 bridgehead atoms. The van der Waals surface area contributed by atoms with Crippen LogP contribution in [0.5, 0.6) is 0 Å². The smallest absolute Gasteiger partial charge is 0.251 e. The summed E-state index contributed by atoms with van der Waals surface area (Å²) in [5.74, 6) is -0.438. The van der Waals surface area contributed by atoms with Gasteiger partial charge >= 0.3 is 0 Å². The number of carbonyl (C=O) groups excluding carboxylic acids is 1. The standard InChI is InChI=1S/C20H27ClN2O2/c1-3-4-5-11-17-19(15-9-6-7-10-16(15)21)18(20(22)25)14(2)23(17)12-8-13-24/h6-7,9-10,24H,3-5,8,11-13H2,1-2H3,(H2,22,25). The first-order chi connectivity index (χ1) is 12.0. The summed E-state index contributed by atoms with van der Waals surface area (Å²) < 4.78 is 2.13. The van der Waals surface area contributed by atoms with Crippen LogP contribution in [0.15, 0.2) is 24.3 Å². The molecule has 1 aromatic heterocycles. The van der Waals surface area contributed by atoms with E-state index in [1.807, 2.05) is 31.2 Å². The van der Waals surface area contributed by atoms with E-state index in [1.165, 1.54) is 0 Å². The van der Waals surface area contributed by atoms with Gasteiger partial charge in [0.05, 0.1) is 5.56 Å². The molecule has 2 rings (SSSR count). The lowest BCUT2D eigenvalue weighted by Gasteiger charge is -2.13. The van der Waals surface area contributed by atoms with Crippen molar-refractivity contribution in [2.45, 2.75) is 52.5 Å². The van der Waals surface area contributed by atoms with Crippen LogP contribution in [0.2, 0.25) is 5.02 Å². The molecule has 1 heterocycles. The highest BCUT2D eigenvalue weighted by Gasteiger charge is 2.25. The highest BCUT2D eigenvalue weighted by atomic mass is 35.5. The maximum atomic E-state index is 12.2. The van der Waals surface area contributed by atoms with Crippen molar-refractivity contribution in [3.05, 3.63) is 46.2 Å². The lowest BCUT2D eigenvalue weighted by Crippen LogP contribution is -2.13. The van der Waals surface area contributed by atoms with Crippen LogP contribution in [0.4, 0.5) is 0 Å². The van der Waals surface area contributed by atoms with Crippen LogP contribution in [-0.2, 0) is 13.0 Å². The number of hydrogen-bond donors (Lipinski definition) is 2. The van der Waals surface area contributed by atoms with E-state index >= 15 is 0 Å². The van der Waals surface area contributed by atoms with Gasteiger partial charge in [-0.15, -0.1) is 0 Å². The molecule has 0 unspecified atom stereocenters. The number of unbranched alkanes of at least 4 members (excludes halogenated alkanes) is 2. The summed E-state index contributed by atoms with van der Waals surface area (Å²) in [7, 11) is 0. The molecule has 0 aliphatic heterocycles. The van der Waals surface area contributed by atoms with Crippen molar-refractivity contribution >= 4 is 17.5 Å². The van der Waals surface area contributed by atoms with Crippen LogP contribution in [0.25, 0.3) is 11.1 Å². The molecule has 0 saturated carbocycles. The molecule has 0 aliphatic carbocycles. The van der Waals surface area contributed by atoms with Crippen LogP contribution in [-0.4, -0.2) is 22.2 Å². The molecule has 1 aromatic carbocycles. The van der Waals surface area contributed by atoms with E-state index in [-0.39, 0.29) is 6.61 Å². The molecule has 1 amide bonds. The van der Waals surface area contributed by atoms with Crippen LogP contribution in [0, 0.1) is 6.92 Å². The average molecular weight is 363 g/mol. The Morgan fingerprint density at radius 2 is 1.96 bits per heavy atom. The van der Waals surface area contributed by atoms with E-state index in [9.17, 15) is 9.90 Å². The van der Waals surface area contributed by atoms with E-state index < -0.39 is 5.91 Å². The zero-order chi connectivity index (χ0) is 18.4. The third kappa shape index (κ3) is 4.25. The largest absolute Gasteiger partial charge is 0.396 e. The lowest BCUT2D eigenvalue weighted by molar-refractivity contribution is 0.1000. The lowest BCUT2D eigenvalue weighted by atomic mass is 9.97. The summed E-state index contributed by atoms with van der Waals surface area (Å²) in [5.41, 5.74) is 9.89. The molecule has 3 N–H and O–H groups in total. The Morgan fingerprint density at radius 1 is 1.24 bits per heavy atom. The third-order valence-corrected chi connectivity index (χ3v) is 4.91. The molecular weight excluding hydrogens is 336 g/mol.